The van der Waals surface area contributed by atoms with Crippen LogP contribution < -0.4 is 19.3 Å². The smallest absolute Gasteiger partial charge is 0.318 e. The maximum atomic E-state index is 12.1. The summed E-state index contributed by atoms with van der Waals surface area (Å²) in [5, 5.41) is 2.34. The highest BCUT2D eigenvalue weighted by molar-refractivity contribution is 5.96. The molecule has 0 spiro atoms. The van der Waals surface area contributed by atoms with Crippen LogP contribution in [0.3, 0.4) is 0 Å². The van der Waals surface area contributed by atoms with Gasteiger partial charge in [-0.05, 0) is 37.4 Å². The van der Waals surface area contributed by atoms with Crippen molar-refractivity contribution in [2.45, 2.75) is 25.6 Å². The SMILES string of the molecule is C=CC(=O)N1CCN(c2nc(OC)nc3c2CCN(c2cc(OC)cc4ccccc24)C3)CC1.CN1CCC(F)C1. The number of ether oxygens (including phenoxy) is 2. The van der Waals surface area contributed by atoms with Gasteiger partial charge in [0, 0.05) is 68.5 Å². The van der Waals surface area contributed by atoms with E-state index in [1.165, 1.54) is 11.5 Å². The zero-order valence-electron chi connectivity index (χ0n) is 24.2. The van der Waals surface area contributed by atoms with Gasteiger partial charge in [0.1, 0.15) is 17.7 Å². The van der Waals surface area contributed by atoms with Crippen molar-refractivity contribution in [3.8, 4) is 11.8 Å². The average molecular weight is 563 g/mol. The molecule has 4 heterocycles. The fraction of sp³-hybridized carbons (Fsp3) is 0.452. The third kappa shape index (κ3) is 6.37. The lowest BCUT2D eigenvalue weighted by atomic mass is 10.0. The van der Waals surface area contributed by atoms with E-state index in [0.717, 1.165) is 72.9 Å². The molecule has 10 heteroatoms. The lowest BCUT2D eigenvalue weighted by Gasteiger charge is -2.38. The predicted molar refractivity (Wildman–Crippen MR) is 160 cm³/mol. The van der Waals surface area contributed by atoms with E-state index in [0.29, 0.717) is 32.2 Å². The molecule has 0 bridgehead atoms. The maximum Gasteiger partial charge on any atom is 0.318 e. The molecule has 41 heavy (non-hydrogen) atoms. The summed E-state index contributed by atoms with van der Waals surface area (Å²) in [4.78, 5) is 29.9. The fourth-order valence-electron chi connectivity index (χ4n) is 5.74. The number of carbonyl (C=O) groups excluding carboxylic acids is 1. The van der Waals surface area contributed by atoms with E-state index >= 15 is 0 Å². The van der Waals surface area contributed by atoms with Gasteiger partial charge in [-0.2, -0.15) is 9.97 Å². The molecule has 3 aliphatic heterocycles. The number of likely N-dealkylation sites (tertiary alicyclic amines) is 1. The number of rotatable bonds is 5. The molecule has 3 aromatic rings. The number of hydrogen-bond acceptors (Lipinski definition) is 8. The Balaban J connectivity index is 0.000000423. The molecule has 1 unspecified atom stereocenters. The molecule has 1 amide bonds. The Kier molecular flexibility index (Phi) is 8.87. The van der Waals surface area contributed by atoms with E-state index in [1.807, 2.05) is 22.9 Å². The number of halogens is 1. The van der Waals surface area contributed by atoms with Crippen molar-refractivity contribution >= 4 is 28.2 Å². The minimum Gasteiger partial charge on any atom is -0.497 e. The van der Waals surface area contributed by atoms with Gasteiger partial charge in [-0.15, -0.1) is 0 Å². The topological polar surface area (TPSA) is 74.3 Å². The second-order valence-corrected chi connectivity index (χ2v) is 10.7. The normalized spacial score (nSPS) is 18.9. The van der Waals surface area contributed by atoms with Crippen LogP contribution in [0.1, 0.15) is 17.7 Å². The molecule has 2 aromatic carbocycles. The number of anilines is 2. The second kappa shape index (κ2) is 12.7. The van der Waals surface area contributed by atoms with Crippen LogP contribution in [-0.4, -0.2) is 98.9 Å². The van der Waals surface area contributed by atoms with E-state index in [4.69, 9.17) is 19.4 Å². The summed E-state index contributed by atoms with van der Waals surface area (Å²) < 4.78 is 23.2. The van der Waals surface area contributed by atoms with E-state index in [2.05, 4.69) is 46.7 Å². The van der Waals surface area contributed by atoms with Crippen LogP contribution in [0.5, 0.6) is 11.8 Å². The summed E-state index contributed by atoms with van der Waals surface area (Å²) in [6, 6.07) is 12.9. The van der Waals surface area contributed by atoms with Crippen molar-refractivity contribution in [3.05, 3.63) is 60.3 Å². The lowest BCUT2D eigenvalue weighted by molar-refractivity contribution is -0.126. The van der Waals surface area contributed by atoms with Gasteiger partial charge in [0.25, 0.3) is 0 Å². The van der Waals surface area contributed by atoms with Crippen LogP contribution in [0.2, 0.25) is 0 Å². The first kappa shape index (κ1) is 28.6. The lowest BCUT2D eigenvalue weighted by Crippen LogP contribution is -2.49. The van der Waals surface area contributed by atoms with E-state index in [1.54, 1.807) is 14.2 Å². The molecule has 0 aliphatic carbocycles. The van der Waals surface area contributed by atoms with Gasteiger partial charge in [0.05, 0.1) is 26.5 Å². The zero-order valence-corrected chi connectivity index (χ0v) is 24.2. The quantitative estimate of drug-likeness (QED) is 0.436. The molecular weight excluding hydrogens is 523 g/mol. The molecule has 0 N–H and O–H groups in total. The minimum absolute atomic E-state index is 0.0249. The molecule has 218 valence electrons. The van der Waals surface area contributed by atoms with Crippen LogP contribution >= 0.6 is 0 Å². The Morgan fingerprint density at radius 2 is 1.80 bits per heavy atom. The fourth-order valence-corrected chi connectivity index (χ4v) is 5.74. The highest BCUT2D eigenvalue weighted by atomic mass is 19.1. The number of carbonyl (C=O) groups is 1. The van der Waals surface area contributed by atoms with Gasteiger partial charge in [-0.3, -0.25) is 4.79 Å². The average Bonchev–Trinajstić information content (AvgIpc) is 3.41. The molecule has 1 aromatic heterocycles. The van der Waals surface area contributed by atoms with Crippen molar-refractivity contribution in [3.63, 3.8) is 0 Å². The molecule has 6 rings (SSSR count). The van der Waals surface area contributed by atoms with Crippen molar-refractivity contribution < 1.29 is 18.7 Å². The summed E-state index contributed by atoms with van der Waals surface area (Å²) in [6.07, 6.45) is 2.38. The summed E-state index contributed by atoms with van der Waals surface area (Å²) in [7, 11) is 5.24. The highest BCUT2D eigenvalue weighted by Crippen LogP contribution is 2.36. The van der Waals surface area contributed by atoms with Crippen LogP contribution in [0, 0.1) is 0 Å². The molecule has 3 aliphatic rings. The maximum absolute atomic E-state index is 12.1. The van der Waals surface area contributed by atoms with E-state index in [9.17, 15) is 9.18 Å². The summed E-state index contributed by atoms with van der Waals surface area (Å²) in [6.45, 7) is 9.41. The molecule has 2 saturated heterocycles. The summed E-state index contributed by atoms with van der Waals surface area (Å²) in [5.74, 6) is 1.73. The van der Waals surface area contributed by atoms with Crippen LogP contribution in [-0.2, 0) is 17.8 Å². The Bertz CT molecular complexity index is 1390. The summed E-state index contributed by atoms with van der Waals surface area (Å²) >= 11 is 0. The van der Waals surface area contributed by atoms with Gasteiger partial charge < -0.3 is 29.1 Å². The highest BCUT2D eigenvalue weighted by Gasteiger charge is 2.29. The largest absolute Gasteiger partial charge is 0.497 e. The number of nitrogens with zero attached hydrogens (tertiary/aromatic N) is 6. The number of amides is 1. The van der Waals surface area contributed by atoms with Crippen LogP contribution in [0.4, 0.5) is 15.9 Å². The number of methoxy groups -OCH3 is 2. The third-order valence-corrected chi connectivity index (χ3v) is 7.99. The van der Waals surface area contributed by atoms with Crippen molar-refractivity contribution in [1.82, 2.24) is 19.8 Å². The zero-order chi connectivity index (χ0) is 28.9. The standard InChI is InChI=1S/C26H29N5O3.C5H10FN/c1-4-24(32)29-11-13-30(14-12-29)25-21-9-10-31(17-22(21)27-26(28-25)34-3)23-16-19(33-2)15-18-7-5-6-8-20(18)23;1-7-3-2-5(6)4-7/h4-8,15-16H,1,9-14,17H2,2-3H3;5H,2-4H2,1H3. The van der Waals surface area contributed by atoms with Crippen molar-refractivity contribution in [2.75, 3.05) is 76.9 Å². The van der Waals surface area contributed by atoms with Gasteiger partial charge in [-0.25, -0.2) is 4.39 Å². The monoisotopic (exact) mass is 562 g/mol. The first-order chi connectivity index (χ1) is 19.9. The van der Waals surface area contributed by atoms with Crippen molar-refractivity contribution in [2.24, 2.45) is 0 Å². The van der Waals surface area contributed by atoms with Crippen molar-refractivity contribution in [1.29, 1.82) is 0 Å². The van der Waals surface area contributed by atoms with Crippen LogP contribution in [0.15, 0.2) is 49.1 Å². The summed E-state index contributed by atoms with van der Waals surface area (Å²) in [5.41, 5.74) is 3.27. The van der Waals surface area contributed by atoms with Gasteiger partial charge in [-0.1, -0.05) is 30.8 Å². The van der Waals surface area contributed by atoms with E-state index < -0.39 is 6.17 Å². The van der Waals surface area contributed by atoms with Crippen LogP contribution in [0.25, 0.3) is 10.8 Å². The molecule has 0 saturated carbocycles. The van der Waals surface area contributed by atoms with Gasteiger partial charge in [0.15, 0.2) is 0 Å². The third-order valence-electron chi connectivity index (χ3n) is 7.99. The van der Waals surface area contributed by atoms with Gasteiger partial charge in [0.2, 0.25) is 5.91 Å². The number of aromatic nitrogens is 2. The Morgan fingerprint density at radius 1 is 1.02 bits per heavy atom. The molecule has 9 nitrogen and oxygen atoms in total. The molecule has 0 radical (unpaired) electrons. The number of piperazine rings is 1. The number of alkyl halides is 1. The number of benzene rings is 2. The minimum atomic E-state index is -0.551. The Hall–Kier alpha value is -3.92. The molecular formula is C31H39FN6O3. The molecule has 2 fully saturated rings. The number of fused-ring (bicyclic) bond motifs is 2. The first-order valence-corrected chi connectivity index (χ1v) is 14.1. The second-order valence-electron chi connectivity index (χ2n) is 10.7. The predicted octanol–water partition coefficient (Wildman–Crippen LogP) is 3.70. The molecule has 1 atom stereocenters. The van der Waals surface area contributed by atoms with E-state index in [-0.39, 0.29) is 5.91 Å². The van der Waals surface area contributed by atoms with Gasteiger partial charge >= 0.3 is 6.01 Å². The first-order valence-electron chi connectivity index (χ1n) is 14.1. The Labute approximate surface area is 241 Å². The number of hydrogen-bond donors (Lipinski definition) is 0. The Morgan fingerprint density at radius 3 is 2.44 bits per heavy atom.